The Bertz CT molecular complexity index is 655. The fourth-order valence-corrected chi connectivity index (χ4v) is 3.64. The van der Waals surface area contributed by atoms with Crippen molar-refractivity contribution in [1.29, 1.82) is 0 Å². The lowest BCUT2D eigenvalue weighted by Crippen LogP contribution is -2.41. The van der Waals surface area contributed by atoms with Gasteiger partial charge in [0, 0.05) is 37.1 Å². The summed E-state index contributed by atoms with van der Waals surface area (Å²) in [7, 11) is 0. The van der Waals surface area contributed by atoms with Crippen LogP contribution >= 0.6 is 11.8 Å². The first-order chi connectivity index (χ1) is 12.3. The highest BCUT2D eigenvalue weighted by atomic mass is 32.2. The first-order valence-electron chi connectivity index (χ1n) is 8.63. The third-order valence-corrected chi connectivity index (χ3v) is 5.22. The van der Waals surface area contributed by atoms with Crippen LogP contribution < -0.4 is 15.4 Å². The molecule has 2 aromatic rings. The van der Waals surface area contributed by atoms with Gasteiger partial charge in [-0.2, -0.15) is 11.8 Å². The van der Waals surface area contributed by atoms with Crippen LogP contribution in [0.2, 0.25) is 0 Å². The van der Waals surface area contributed by atoms with Crippen molar-refractivity contribution in [2.24, 2.45) is 0 Å². The Morgan fingerprint density at radius 1 is 1.12 bits per heavy atom. The SMILES string of the molecule is O=C(CC1CSCCN1)NCc1ccc(OCc2ccccc2)cc1. The van der Waals surface area contributed by atoms with Crippen molar-refractivity contribution in [3.8, 4) is 5.75 Å². The molecule has 1 amide bonds. The van der Waals surface area contributed by atoms with E-state index in [1.54, 1.807) is 0 Å². The van der Waals surface area contributed by atoms with Crippen molar-refractivity contribution in [2.75, 3.05) is 18.1 Å². The number of carbonyl (C=O) groups is 1. The molecule has 0 radical (unpaired) electrons. The molecular formula is C20H24N2O2S. The molecule has 2 aromatic carbocycles. The molecule has 1 fully saturated rings. The van der Waals surface area contributed by atoms with Crippen LogP contribution in [0.4, 0.5) is 0 Å². The average molecular weight is 356 g/mol. The minimum absolute atomic E-state index is 0.101. The topological polar surface area (TPSA) is 50.4 Å². The van der Waals surface area contributed by atoms with E-state index in [4.69, 9.17) is 4.74 Å². The molecule has 0 spiro atoms. The Morgan fingerprint density at radius 3 is 2.64 bits per heavy atom. The highest BCUT2D eigenvalue weighted by Gasteiger charge is 2.16. The maximum Gasteiger partial charge on any atom is 0.221 e. The molecule has 25 heavy (non-hydrogen) atoms. The van der Waals surface area contributed by atoms with Gasteiger partial charge in [0.1, 0.15) is 12.4 Å². The zero-order chi connectivity index (χ0) is 17.3. The molecule has 1 saturated heterocycles. The molecule has 0 aliphatic carbocycles. The fourth-order valence-electron chi connectivity index (χ4n) is 2.69. The van der Waals surface area contributed by atoms with Crippen molar-refractivity contribution in [2.45, 2.75) is 25.6 Å². The fraction of sp³-hybridized carbons (Fsp3) is 0.350. The second-order valence-electron chi connectivity index (χ2n) is 6.13. The van der Waals surface area contributed by atoms with Crippen molar-refractivity contribution in [1.82, 2.24) is 10.6 Å². The summed E-state index contributed by atoms with van der Waals surface area (Å²) in [6.07, 6.45) is 0.547. The molecule has 1 atom stereocenters. The lowest BCUT2D eigenvalue weighted by atomic mass is 10.2. The van der Waals surface area contributed by atoms with Gasteiger partial charge < -0.3 is 15.4 Å². The van der Waals surface area contributed by atoms with Crippen molar-refractivity contribution < 1.29 is 9.53 Å². The van der Waals surface area contributed by atoms with Crippen molar-refractivity contribution >= 4 is 17.7 Å². The summed E-state index contributed by atoms with van der Waals surface area (Å²) >= 11 is 1.91. The normalized spacial score (nSPS) is 17.0. The van der Waals surface area contributed by atoms with E-state index in [1.165, 1.54) is 0 Å². The highest BCUT2D eigenvalue weighted by Crippen LogP contribution is 2.14. The predicted molar refractivity (Wildman–Crippen MR) is 103 cm³/mol. The maximum atomic E-state index is 12.0. The van der Waals surface area contributed by atoms with Gasteiger partial charge in [-0.25, -0.2) is 0 Å². The number of nitrogens with one attached hydrogen (secondary N) is 2. The van der Waals surface area contributed by atoms with Gasteiger partial charge >= 0.3 is 0 Å². The molecule has 4 nitrogen and oxygen atoms in total. The number of carbonyl (C=O) groups excluding carboxylic acids is 1. The monoisotopic (exact) mass is 356 g/mol. The van der Waals surface area contributed by atoms with Crippen LogP contribution in [-0.2, 0) is 17.9 Å². The largest absolute Gasteiger partial charge is 0.489 e. The molecule has 0 bridgehead atoms. The first kappa shape index (κ1) is 17.8. The second kappa shape index (κ2) is 9.49. The van der Waals surface area contributed by atoms with E-state index in [9.17, 15) is 4.79 Å². The van der Waals surface area contributed by atoms with Crippen LogP contribution in [0.15, 0.2) is 54.6 Å². The third kappa shape index (κ3) is 6.11. The van der Waals surface area contributed by atoms with E-state index in [-0.39, 0.29) is 5.91 Å². The van der Waals surface area contributed by atoms with Gasteiger partial charge in [0.05, 0.1) is 0 Å². The zero-order valence-electron chi connectivity index (χ0n) is 14.2. The number of ether oxygens (including phenoxy) is 1. The van der Waals surface area contributed by atoms with Gasteiger partial charge in [-0.15, -0.1) is 0 Å². The number of amides is 1. The van der Waals surface area contributed by atoms with Gasteiger partial charge in [0.15, 0.2) is 0 Å². The van der Waals surface area contributed by atoms with Crippen LogP contribution in [-0.4, -0.2) is 30.0 Å². The molecule has 1 aliphatic rings. The molecule has 132 valence electrons. The van der Waals surface area contributed by atoms with Crippen LogP contribution in [0.5, 0.6) is 5.75 Å². The Labute approximate surface area is 153 Å². The number of hydrogen-bond donors (Lipinski definition) is 2. The molecular weight excluding hydrogens is 332 g/mol. The molecule has 1 unspecified atom stereocenters. The van der Waals surface area contributed by atoms with E-state index < -0.39 is 0 Å². The van der Waals surface area contributed by atoms with Crippen LogP contribution in [0, 0.1) is 0 Å². The zero-order valence-corrected chi connectivity index (χ0v) is 15.1. The van der Waals surface area contributed by atoms with Gasteiger partial charge in [-0.1, -0.05) is 42.5 Å². The summed E-state index contributed by atoms with van der Waals surface area (Å²) in [5.74, 6) is 3.09. The lowest BCUT2D eigenvalue weighted by Gasteiger charge is -2.22. The molecule has 0 saturated carbocycles. The smallest absolute Gasteiger partial charge is 0.221 e. The molecule has 1 heterocycles. The van der Waals surface area contributed by atoms with E-state index in [1.807, 2.05) is 66.4 Å². The van der Waals surface area contributed by atoms with Gasteiger partial charge in [0.2, 0.25) is 5.91 Å². The highest BCUT2D eigenvalue weighted by molar-refractivity contribution is 7.99. The number of thioether (sulfide) groups is 1. The Hall–Kier alpha value is -1.98. The molecule has 5 heteroatoms. The predicted octanol–water partition coefficient (Wildman–Crippen LogP) is 2.98. The van der Waals surface area contributed by atoms with Gasteiger partial charge in [-0.05, 0) is 23.3 Å². The Morgan fingerprint density at radius 2 is 1.92 bits per heavy atom. The summed E-state index contributed by atoms with van der Waals surface area (Å²) < 4.78 is 5.78. The molecule has 3 rings (SSSR count). The third-order valence-electron chi connectivity index (χ3n) is 4.09. The molecule has 1 aliphatic heterocycles. The van der Waals surface area contributed by atoms with E-state index in [2.05, 4.69) is 10.6 Å². The van der Waals surface area contributed by atoms with E-state index >= 15 is 0 Å². The van der Waals surface area contributed by atoms with Crippen LogP contribution in [0.3, 0.4) is 0 Å². The summed E-state index contributed by atoms with van der Waals surface area (Å²) in [4.78, 5) is 12.0. The quantitative estimate of drug-likeness (QED) is 0.801. The standard InChI is InChI=1S/C20H24N2O2S/c23-20(12-18-15-25-11-10-21-18)22-13-16-6-8-19(9-7-16)24-14-17-4-2-1-3-5-17/h1-9,18,21H,10-15H2,(H,22,23). The lowest BCUT2D eigenvalue weighted by molar-refractivity contribution is -0.121. The minimum Gasteiger partial charge on any atom is -0.489 e. The van der Waals surface area contributed by atoms with E-state index in [0.29, 0.717) is 25.6 Å². The van der Waals surface area contributed by atoms with Crippen molar-refractivity contribution in [3.63, 3.8) is 0 Å². The van der Waals surface area contributed by atoms with Gasteiger partial charge in [-0.3, -0.25) is 4.79 Å². The summed E-state index contributed by atoms with van der Waals surface area (Å²) in [5, 5.41) is 6.38. The summed E-state index contributed by atoms with van der Waals surface area (Å²) in [6.45, 7) is 2.11. The van der Waals surface area contributed by atoms with Crippen LogP contribution in [0.1, 0.15) is 17.5 Å². The summed E-state index contributed by atoms with van der Waals surface area (Å²) in [5.41, 5.74) is 2.22. The van der Waals surface area contributed by atoms with Crippen molar-refractivity contribution in [3.05, 3.63) is 65.7 Å². The number of rotatable bonds is 7. The minimum atomic E-state index is 0.101. The second-order valence-corrected chi connectivity index (χ2v) is 7.27. The Balaban J connectivity index is 1.40. The van der Waals surface area contributed by atoms with Gasteiger partial charge in [0.25, 0.3) is 0 Å². The summed E-state index contributed by atoms with van der Waals surface area (Å²) in [6, 6.07) is 18.3. The number of hydrogen-bond acceptors (Lipinski definition) is 4. The first-order valence-corrected chi connectivity index (χ1v) is 9.78. The van der Waals surface area contributed by atoms with Crippen LogP contribution in [0.25, 0.3) is 0 Å². The number of benzene rings is 2. The Kier molecular flexibility index (Phi) is 6.77. The maximum absolute atomic E-state index is 12.0. The van der Waals surface area contributed by atoms with E-state index in [0.717, 1.165) is 34.9 Å². The molecule has 0 aromatic heterocycles. The average Bonchev–Trinajstić information content (AvgIpc) is 2.67. The molecule has 2 N–H and O–H groups in total.